The zero-order chi connectivity index (χ0) is 24.9. The van der Waals surface area contributed by atoms with Crippen molar-refractivity contribution in [3.63, 3.8) is 0 Å². The van der Waals surface area contributed by atoms with Gasteiger partial charge < -0.3 is 24.1 Å². The van der Waals surface area contributed by atoms with Crippen molar-refractivity contribution in [2.45, 2.75) is 13.0 Å². The molecule has 2 heterocycles. The highest BCUT2D eigenvalue weighted by molar-refractivity contribution is 5.91. The van der Waals surface area contributed by atoms with Gasteiger partial charge in [-0.1, -0.05) is 36.4 Å². The minimum Gasteiger partial charge on any atom is -0.496 e. The summed E-state index contributed by atoms with van der Waals surface area (Å²) in [5.74, 6) is 2.43. The number of furan rings is 1. The van der Waals surface area contributed by atoms with Gasteiger partial charge in [0.1, 0.15) is 22.8 Å². The van der Waals surface area contributed by atoms with Crippen LogP contribution in [0.15, 0.2) is 77.2 Å². The molecular formula is C29H31N3O4. The minimum absolute atomic E-state index is 0.103. The number of nitrogens with one attached hydrogen (secondary N) is 1. The Balaban J connectivity index is 1.23. The molecule has 2 amide bonds. The topological polar surface area (TPSA) is 67.2 Å². The smallest absolute Gasteiger partial charge is 0.321 e. The lowest BCUT2D eigenvalue weighted by molar-refractivity contribution is 0.209. The summed E-state index contributed by atoms with van der Waals surface area (Å²) in [6.07, 6.45) is 0.900. The van der Waals surface area contributed by atoms with Crippen LogP contribution in [0.4, 0.5) is 10.5 Å². The van der Waals surface area contributed by atoms with Crippen molar-refractivity contribution in [3.8, 4) is 22.6 Å². The Morgan fingerprint density at radius 3 is 2.50 bits per heavy atom. The predicted octanol–water partition coefficient (Wildman–Crippen LogP) is 5.86. The molecule has 1 fully saturated rings. The summed E-state index contributed by atoms with van der Waals surface area (Å²) in [5.41, 5.74) is 3.71. The van der Waals surface area contributed by atoms with Crippen LogP contribution in [-0.2, 0) is 6.54 Å². The zero-order valence-corrected chi connectivity index (χ0v) is 20.7. The second-order valence-electron chi connectivity index (χ2n) is 8.91. The molecule has 36 heavy (non-hydrogen) atoms. The van der Waals surface area contributed by atoms with Crippen LogP contribution in [0.1, 0.15) is 12.2 Å². The third kappa shape index (κ3) is 5.16. The summed E-state index contributed by atoms with van der Waals surface area (Å²) in [6, 6.07) is 23.7. The highest BCUT2D eigenvalue weighted by Crippen LogP contribution is 2.33. The quantitative estimate of drug-likeness (QED) is 0.371. The lowest BCUT2D eigenvalue weighted by Crippen LogP contribution is -2.38. The molecule has 7 nitrogen and oxygen atoms in total. The Labute approximate surface area is 211 Å². The highest BCUT2D eigenvalue weighted by Gasteiger charge is 2.21. The first-order chi connectivity index (χ1) is 17.6. The van der Waals surface area contributed by atoms with E-state index in [1.807, 2.05) is 53.4 Å². The molecule has 0 unspecified atom stereocenters. The first-order valence-electron chi connectivity index (χ1n) is 12.2. The van der Waals surface area contributed by atoms with Crippen molar-refractivity contribution in [1.82, 2.24) is 9.80 Å². The molecule has 1 aliphatic heterocycles. The molecule has 0 bridgehead atoms. The van der Waals surface area contributed by atoms with Crippen LogP contribution in [0, 0.1) is 0 Å². The van der Waals surface area contributed by atoms with Gasteiger partial charge in [0.2, 0.25) is 0 Å². The van der Waals surface area contributed by atoms with E-state index in [2.05, 4.69) is 34.5 Å². The second-order valence-corrected chi connectivity index (χ2v) is 8.91. The van der Waals surface area contributed by atoms with Crippen molar-refractivity contribution in [1.29, 1.82) is 0 Å². The number of hydrogen-bond acceptors (Lipinski definition) is 5. The number of ether oxygens (including phenoxy) is 2. The predicted molar refractivity (Wildman–Crippen MR) is 142 cm³/mol. The van der Waals surface area contributed by atoms with Gasteiger partial charge in [0, 0.05) is 37.1 Å². The Bertz CT molecular complexity index is 1350. The lowest BCUT2D eigenvalue weighted by atomic mass is 10.0. The molecule has 3 aromatic carbocycles. The van der Waals surface area contributed by atoms with Gasteiger partial charge in [0.15, 0.2) is 0 Å². The summed E-state index contributed by atoms with van der Waals surface area (Å²) in [4.78, 5) is 17.1. The van der Waals surface area contributed by atoms with E-state index in [0.29, 0.717) is 31.1 Å². The molecule has 0 atom stereocenters. The number of benzene rings is 3. The van der Waals surface area contributed by atoms with E-state index in [1.165, 1.54) is 0 Å². The molecule has 1 aliphatic rings. The molecule has 0 saturated carbocycles. The van der Waals surface area contributed by atoms with E-state index in [4.69, 9.17) is 13.9 Å². The third-order valence-corrected chi connectivity index (χ3v) is 6.59. The average molecular weight is 486 g/mol. The van der Waals surface area contributed by atoms with Crippen LogP contribution in [0.3, 0.4) is 0 Å². The van der Waals surface area contributed by atoms with E-state index in [9.17, 15) is 4.79 Å². The average Bonchev–Trinajstić information content (AvgIpc) is 3.16. The van der Waals surface area contributed by atoms with Crippen LogP contribution in [0.2, 0.25) is 0 Å². The standard InChI is InChI=1S/C29H31N3O4/c1-34-27-10-5-3-8-24(27)21-12-13-26-22(18-21)19-23(36-26)20-31-14-7-15-32(17-16-31)29(33)30-25-9-4-6-11-28(25)35-2/h3-6,8-13,18-19H,7,14-17,20H2,1-2H3,(H,30,33). The van der Waals surface area contributed by atoms with Crippen molar-refractivity contribution >= 4 is 22.7 Å². The summed E-state index contributed by atoms with van der Waals surface area (Å²) in [7, 11) is 3.30. The van der Waals surface area contributed by atoms with E-state index in [-0.39, 0.29) is 6.03 Å². The van der Waals surface area contributed by atoms with Gasteiger partial charge in [-0.25, -0.2) is 4.79 Å². The number of nitrogens with zero attached hydrogens (tertiary/aromatic N) is 2. The van der Waals surface area contributed by atoms with Crippen molar-refractivity contribution in [2.24, 2.45) is 0 Å². The fraction of sp³-hybridized carbons (Fsp3) is 0.276. The van der Waals surface area contributed by atoms with Crippen LogP contribution in [0.5, 0.6) is 11.5 Å². The second kappa shape index (κ2) is 10.7. The molecule has 5 rings (SSSR count). The molecule has 7 heteroatoms. The Kier molecular flexibility index (Phi) is 7.09. The Morgan fingerprint density at radius 2 is 1.67 bits per heavy atom. The summed E-state index contributed by atoms with van der Waals surface area (Å²) >= 11 is 0. The molecule has 186 valence electrons. The van der Waals surface area contributed by atoms with Crippen molar-refractivity contribution < 1.29 is 18.7 Å². The molecule has 1 saturated heterocycles. The number of carbonyl (C=O) groups excluding carboxylic acids is 1. The van der Waals surface area contributed by atoms with E-state index in [1.54, 1.807) is 14.2 Å². The number of methoxy groups -OCH3 is 2. The maximum absolute atomic E-state index is 12.9. The number of urea groups is 1. The van der Waals surface area contributed by atoms with Gasteiger partial charge in [-0.3, -0.25) is 4.90 Å². The third-order valence-electron chi connectivity index (χ3n) is 6.59. The first-order valence-corrected chi connectivity index (χ1v) is 12.2. The Hall–Kier alpha value is -3.97. The number of hydrogen-bond donors (Lipinski definition) is 1. The monoisotopic (exact) mass is 485 g/mol. The van der Waals surface area contributed by atoms with Gasteiger partial charge in [-0.2, -0.15) is 0 Å². The lowest BCUT2D eigenvalue weighted by Gasteiger charge is -2.22. The summed E-state index contributed by atoms with van der Waals surface area (Å²) in [5, 5.41) is 4.05. The fourth-order valence-corrected chi connectivity index (χ4v) is 4.72. The molecule has 1 aromatic heterocycles. The number of rotatable bonds is 6. The molecule has 4 aromatic rings. The van der Waals surface area contributed by atoms with E-state index < -0.39 is 0 Å². The van der Waals surface area contributed by atoms with Crippen LogP contribution in [0.25, 0.3) is 22.1 Å². The van der Waals surface area contributed by atoms with Gasteiger partial charge in [-0.05, 0) is 48.4 Å². The normalized spacial score (nSPS) is 14.4. The summed E-state index contributed by atoms with van der Waals surface area (Å²) < 4.78 is 17.0. The van der Waals surface area contributed by atoms with Gasteiger partial charge in [0.05, 0.1) is 26.5 Å². The molecule has 1 N–H and O–H groups in total. The number of carbonyl (C=O) groups is 1. The van der Waals surface area contributed by atoms with Crippen molar-refractivity contribution in [2.75, 3.05) is 45.7 Å². The van der Waals surface area contributed by atoms with E-state index in [0.717, 1.165) is 53.1 Å². The molecule has 0 spiro atoms. The maximum Gasteiger partial charge on any atom is 0.321 e. The van der Waals surface area contributed by atoms with Gasteiger partial charge >= 0.3 is 6.03 Å². The van der Waals surface area contributed by atoms with Gasteiger partial charge in [0.25, 0.3) is 0 Å². The number of amides is 2. The number of para-hydroxylation sites is 3. The Morgan fingerprint density at radius 1 is 0.889 bits per heavy atom. The summed E-state index contributed by atoms with van der Waals surface area (Å²) in [6.45, 7) is 3.75. The minimum atomic E-state index is -0.103. The molecule has 0 aliphatic carbocycles. The molecular weight excluding hydrogens is 454 g/mol. The van der Waals surface area contributed by atoms with Crippen LogP contribution in [-0.4, -0.2) is 56.2 Å². The van der Waals surface area contributed by atoms with Crippen LogP contribution >= 0.6 is 0 Å². The largest absolute Gasteiger partial charge is 0.496 e. The highest BCUT2D eigenvalue weighted by atomic mass is 16.5. The van der Waals surface area contributed by atoms with Crippen LogP contribution < -0.4 is 14.8 Å². The van der Waals surface area contributed by atoms with Crippen molar-refractivity contribution in [3.05, 3.63) is 78.6 Å². The fourth-order valence-electron chi connectivity index (χ4n) is 4.72. The zero-order valence-electron chi connectivity index (χ0n) is 20.7. The molecule has 0 radical (unpaired) electrons. The maximum atomic E-state index is 12.9. The van der Waals surface area contributed by atoms with E-state index >= 15 is 0 Å². The first kappa shape index (κ1) is 23.8. The number of fused-ring (bicyclic) bond motifs is 1. The SMILES string of the molecule is COc1ccccc1NC(=O)N1CCCN(Cc2cc3cc(-c4ccccc4OC)ccc3o2)CC1. The van der Waals surface area contributed by atoms with Gasteiger partial charge in [-0.15, -0.1) is 0 Å². The number of anilines is 1.